The molecule has 1 aliphatic heterocycles. The van der Waals surface area contributed by atoms with E-state index in [4.69, 9.17) is 23.8 Å². The highest BCUT2D eigenvalue weighted by Gasteiger charge is 2.41. The van der Waals surface area contributed by atoms with Crippen LogP contribution in [0.5, 0.6) is 0 Å². The first-order valence-corrected chi connectivity index (χ1v) is 9.20. The molecule has 4 rings (SSSR count). The van der Waals surface area contributed by atoms with Crippen molar-refractivity contribution in [3.05, 3.63) is 81.8 Å². The largest absolute Gasteiger partial charge is 0.351 e. The van der Waals surface area contributed by atoms with Gasteiger partial charge in [-0.3, -0.25) is 4.98 Å². The molecule has 1 aliphatic rings. The second kappa shape index (κ2) is 6.51. The Balaban J connectivity index is 1.80. The monoisotopic (exact) mass is 371 g/mol. The molecule has 0 saturated carbocycles. The number of thiocarbonyl (C=S) groups is 1. The number of hydrogen-bond acceptors (Lipinski definition) is 3. The van der Waals surface area contributed by atoms with Crippen LogP contribution in [0.1, 0.15) is 22.7 Å². The van der Waals surface area contributed by atoms with E-state index in [0.29, 0.717) is 10.1 Å². The normalized spacial score (nSPS) is 20.2. The third kappa shape index (κ3) is 2.79. The van der Waals surface area contributed by atoms with Crippen molar-refractivity contribution in [1.82, 2.24) is 10.3 Å². The number of thiophene rings is 1. The Morgan fingerprint density at radius 3 is 2.58 bits per heavy atom. The average molecular weight is 372 g/mol. The van der Waals surface area contributed by atoms with Gasteiger partial charge >= 0.3 is 0 Å². The summed E-state index contributed by atoms with van der Waals surface area (Å²) in [7, 11) is 0. The molecule has 0 aliphatic carbocycles. The summed E-state index contributed by atoms with van der Waals surface area (Å²) in [6.45, 7) is 0. The molecule has 1 saturated heterocycles. The fraction of sp³-hybridized carbons (Fsp3) is 0.111. The first-order chi connectivity index (χ1) is 11.7. The summed E-state index contributed by atoms with van der Waals surface area (Å²) < 4.78 is 0. The van der Waals surface area contributed by atoms with Crippen LogP contribution in [0.4, 0.5) is 5.69 Å². The van der Waals surface area contributed by atoms with Crippen LogP contribution < -0.4 is 10.2 Å². The van der Waals surface area contributed by atoms with Gasteiger partial charge in [0.1, 0.15) is 0 Å². The highest BCUT2D eigenvalue weighted by molar-refractivity contribution is 7.80. The number of nitrogens with one attached hydrogen (secondary N) is 1. The zero-order valence-electron chi connectivity index (χ0n) is 12.6. The standard InChI is InChI=1S/C18H14ClN3S2/c19-12-6-8-13(9-7-12)22-17(15-5-3-11-24-15)16(21-18(22)23)14-4-1-2-10-20-14/h1-11,16-17H,(H,21,23)/t16-,17-/m0/s1. The van der Waals surface area contributed by atoms with E-state index in [1.807, 2.05) is 48.7 Å². The molecule has 1 aromatic carbocycles. The molecule has 2 aromatic heterocycles. The summed E-state index contributed by atoms with van der Waals surface area (Å²) >= 11 is 13.4. The number of hydrogen-bond donors (Lipinski definition) is 1. The lowest BCUT2D eigenvalue weighted by Crippen LogP contribution is -2.28. The summed E-state index contributed by atoms with van der Waals surface area (Å²) in [4.78, 5) is 7.93. The van der Waals surface area contributed by atoms with Crippen molar-refractivity contribution >= 4 is 46.0 Å². The lowest BCUT2D eigenvalue weighted by Gasteiger charge is -2.26. The molecule has 1 fully saturated rings. The van der Waals surface area contributed by atoms with Crippen LogP contribution >= 0.6 is 35.2 Å². The highest BCUT2D eigenvalue weighted by Crippen LogP contribution is 2.42. The minimum absolute atomic E-state index is 0.00743. The van der Waals surface area contributed by atoms with Crippen LogP contribution in [0.15, 0.2) is 66.2 Å². The Morgan fingerprint density at radius 1 is 1.08 bits per heavy atom. The minimum atomic E-state index is 0.00743. The fourth-order valence-corrected chi connectivity index (χ4v) is 4.31. The van der Waals surface area contributed by atoms with E-state index in [0.717, 1.165) is 11.4 Å². The SMILES string of the molecule is S=C1N[C@@H](c2ccccn2)[C@H](c2cccs2)N1c1ccc(Cl)cc1. The molecule has 120 valence electrons. The molecule has 6 heteroatoms. The molecule has 0 amide bonds. The summed E-state index contributed by atoms with van der Waals surface area (Å²) in [5, 5.41) is 6.94. The number of rotatable bonds is 3. The van der Waals surface area contributed by atoms with E-state index in [1.54, 1.807) is 11.3 Å². The van der Waals surface area contributed by atoms with Gasteiger partial charge in [-0.2, -0.15) is 0 Å². The third-order valence-corrected chi connectivity index (χ3v) is 5.55. The average Bonchev–Trinajstić information content (AvgIpc) is 3.24. The molecule has 0 bridgehead atoms. The molecule has 0 unspecified atom stereocenters. The summed E-state index contributed by atoms with van der Waals surface area (Å²) in [5.41, 5.74) is 2.00. The topological polar surface area (TPSA) is 28.2 Å². The summed E-state index contributed by atoms with van der Waals surface area (Å²) in [5.74, 6) is 0. The van der Waals surface area contributed by atoms with Gasteiger partial charge in [0.05, 0.1) is 17.8 Å². The van der Waals surface area contributed by atoms with Crippen molar-refractivity contribution in [2.75, 3.05) is 4.90 Å². The number of nitrogens with zero attached hydrogens (tertiary/aromatic N) is 2. The van der Waals surface area contributed by atoms with Gasteiger partial charge in [-0.05, 0) is 60.1 Å². The number of aromatic nitrogens is 1. The van der Waals surface area contributed by atoms with Crippen molar-refractivity contribution in [3.8, 4) is 0 Å². The Bertz CT molecular complexity index is 834. The molecule has 3 heterocycles. The van der Waals surface area contributed by atoms with Crippen molar-refractivity contribution in [3.63, 3.8) is 0 Å². The van der Waals surface area contributed by atoms with Crippen molar-refractivity contribution < 1.29 is 0 Å². The van der Waals surface area contributed by atoms with Gasteiger partial charge in [-0.15, -0.1) is 11.3 Å². The van der Waals surface area contributed by atoms with E-state index in [1.165, 1.54) is 4.88 Å². The lowest BCUT2D eigenvalue weighted by molar-refractivity contribution is 0.575. The number of anilines is 1. The van der Waals surface area contributed by atoms with E-state index in [9.17, 15) is 0 Å². The van der Waals surface area contributed by atoms with Gasteiger partial charge in [0, 0.05) is 21.8 Å². The number of halogens is 1. The maximum Gasteiger partial charge on any atom is 0.174 e. The second-order valence-corrected chi connectivity index (χ2v) is 7.29. The molecule has 3 nitrogen and oxygen atoms in total. The third-order valence-electron chi connectivity index (χ3n) is 4.04. The summed E-state index contributed by atoms with van der Waals surface area (Å²) in [6, 6.07) is 18.0. The minimum Gasteiger partial charge on any atom is -0.351 e. The maximum absolute atomic E-state index is 6.04. The predicted molar refractivity (Wildman–Crippen MR) is 104 cm³/mol. The second-order valence-electron chi connectivity index (χ2n) is 5.49. The molecular weight excluding hydrogens is 358 g/mol. The van der Waals surface area contributed by atoms with Gasteiger partial charge < -0.3 is 10.2 Å². The number of pyridine rings is 1. The Kier molecular flexibility index (Phi) is 4.22. The zero-order valence-corrected chi connectivity index (χ0v) is 15.0. The Labute approximate surface area is 154 Å². The maximum atomic E-state index is 6.04. The molecule has 0 spiro atoms. The Hall–Kier alpha value is -1.95. The molecular formula is C18H14ClN3S2. The van der Waals surface area contributed by atoms with Gasteiger partial charge in [0.15, 0.2) is 5.11 Å². The molecule has 24 heavy (non-hydrogen) atoms. The van der Waals surface area contributed by atoms with Crippen LogP contribution in [-0.2, 0) is 0 Å². The molecule has 2 atom stereocenters. The summed E-state index contributed by atoms with van der Waals surface area (Å²) in [6.07, 6.45) is 1.82. The quantitative estimate of drug-likeness (QED) is 0.657. The fourth-order valence-electron chi connectivity index (χ4n) is 2.98. The van der Waals surface area contributed by atoms with Crippen molar-refractivity contribution in [2.45, 2.75) is 12.1 Å². The van der Waals surface area contributed by atoms with Gasteiger partial charge in [-0.1, -0.05) is 23.7 Å². The Morgan fingerprint density at radius 2 is 1.92 bits per heavy atom. The molecule has 1 N–H and O–H groups in total. The van der Waals surface area contributed by atoms with E-state index >= 15 is 0 Å². The first-order valence-electron chi connectivity index (χ1n) is 7.53. The van der Waals surface area contributed by atoms with Crippen LogP contribution in [0.2, 0.25) is 5.02 Å². The smallest absolute Gasteiger partial charge is 0.174 e. The van der Waals surface area contributed by atoms with Crippen molar-refractivity contribution in [2.24, 2.45) is 0 Å². The van der Waals surface area contributed by atoms with Crippen molar-refractivity contribution in [1.29, 1.82) is 0 Å². The van der Waals surface area contributed by atoms with Gasteiger partial charge in [0.2, 0.25) is 0 Å². The van der Waals surface area contributed by atoms with E-state index in [-0.39, 0.29) is 12.1 Å². The molecule has 3 aromatic rings. The predicted octanol–water partition coefficient (Wildman–Crippen LogP) is 4.97. The first kappa shape index (κ1) is 15.6. The van der Waals surface area contributed by atoms with Crippen LogP contribution in [0.25, 0.3) is 0 Å². The van der Waals surface area contributed by atoms with E-state index in [2.05, 4.69) is 32.7 Å². The van der Waals surface area contributed by atoms with Gasteiger partial charge in [0.25, 0.3) is 0 Å². The highest BCUT2D eigenvalue weighted by atomic mass is 35.5. The van der Waals surface area contributed by atoms with Crippen LogP contribution in [0, 0.1) is 0 Å². The van der Waals surface area contributed by atoms with Crippen LogP contribution in [0.3, 0.4) is 0 Å². The lowest BCUT2D eigenvalue weighted by atomic mass is 10.0. The van der Waals surface area contributed by atoms with E-state index < -0.39 is 0 Å². The molecule has 0 radical (unpaired) electrons. The van der Waals surface area contributed by atoms with Crippen LogP contribution in [-0.4, -0.2) is 10.1 Å². The van der Waals surface area contributed by atoms with Gasteiger partial charge in [-0.25, -0.2) is 0 Å². The zero-order chi connectivity index (χ0) is 16.5. The number of benzene rings is 1.